The Balaban J connectivity index is 2.08. The Labute approximate surface area is 116 Å². The van der Waals surface area contributed by atoms with E-state index in [0.29, 0.717) is 6.04 Å². The van der Waals surface area contributed by atoms with Crippen LogP contribution in [-0.4, -0.2) is 9.78 Å². The lowest BCUT2D eigenvalue weighted by atomic mass is 10.1. The normalized spacial score (nSPS) is 14.4. The zero-order valence-electron chi connectivity index (χ0n) is 10.9. The Morgan fingerprint density at radius 2 is 2.00 bits per heavy atom. The van der Waals surface area contributed by atoms with E-state index in [1.807, 2.05) is 30.1 Å². The number of aromatic nitrogens is 2. The predicted molar refractivity (Wildman–Crippen MR) is 77.3 cm³/mol. The van der Waals surface area contributed by atoms with E-state index in [4.69, 9.17) is 0 Å². The highest BCUT2D eigenvalue weighted by Gasteiger charge is 2.13. The molecule has 4 heteroatoms. The van der Waals surface area contributed by atoms with Crippen molar-refractivity contribution in [1.82, 2.24) is 15.1 Å². The summed E-state index contributed by atoms with van der Waals surface area (Å²) in [6, 6.07) is 11.0. The van der Waals surface area contributed by atoms with Gasteiger partial charge in [-0.15, -0.1) is 0 Å². The van der Waals surface area contributed by atoms with E-state index < -0.39 is 0 Å². The van der Waals surface area contributed by atoms with Gasteiger partial charge in [0, 0.05) is 29.8 Å². The standard InChI is InChI=1S/C14H18BrN3/c1-10(12-5-4-6-13(15)9-12)17-11(2)14-7-8-16-18(14)3/h4-11,17H,1-3H3. The second kappa shape index (κ2) is 5.67. The third kappa shape index (κ3) is 3.00. The molecule has 3 nitrogen and oxygen atoms in total. The summed E-state index contributed by atoms with van der Waals surface area (Å²) in [4.78, 5) is 0. The van der Waals surface area contributed by atoms with E-state index in [-0.39, 0.29) is 6.04 Å². The molecule has 0 radical (unpaired) electrons. The molecule has 0 saturated heterocycles. The van der Waals surface area contributed by atoms with Crippen LogP contribution in [0.4, 0.5) is 0 Å². The molecule has 0 aliphatic heterocycles. The van der Waals surface area contributed by atoms with Gasteiger partial charge in [0.15, 0.2) is 0 Å². The maximum Gasteiger partial charge on any atom is 0.0547 e. The highest BCUT2D eigenvalue weighted by atomic mass is 79.9. The summed E-state index contributed by atoms with van der Waals surface area (Å²) in [6.07, 6.45) is 1.83. The summed E-state index contributed by atoms with van der Waals surface area (Å²) in [5.74, 6) is 0. The van der Waals surface area contributed by atoms with E-state index in [1.54, 1.807) is 0 Å². The van der Waals surface area contributed by atoms with Crippen LogP contribution >= 0.6 is 15.9 Å². The first-order chi connectivity index (χ1) is 8.58. The fourth-order valence-corrected chi connectivity index (χ4v) is 2.56. The Kier molecular flexibility index (Phi) is 4.19. The van der Waals surface area contributed by atoms with Crippen LogP contribution in [-0.2, 0) is 7.05 Å². The van der Waals surface area contributed by atoms with Crippen LogP contribution in [0.1, 0.15) is 37.2 Å². The zero-order valence-corrected chi connectivity index (χ0v) is 12.5. The minimum atomic E-state index is 0.270. The molecular weight excluding hydrogens is 290 g/mol. The second-order valence-corrected chi connectivity index (χ2v) is 5.46. The molecule has 0 fully saturated rings. The summed E-state index contributed by atoms with van der Waals surface area (Å²) in [5.41, 5.74) is 2.47. The SMILES string of the molecule is CC(NC(C)c1ccnn1C)c1cccc(Br)c1. The number of aryl methyl sites for hydroxylation is 1. The quantitative estimate of drug-likeness (QED) is 0.935. The van der Waals surface area contributed by atoms with Crippen molar-refractivity contribution in [2.75, 3.05) is 0 Å². The minimum Gasteiger partial charge on any atom is -0.302 e. The summed E-state index contributed by atoms with van der Waals surface area (Å²) in [6.45, 7) is 4.33. The van der Waals surface area contributed by atoms with Crippen molar-refractivity contribution >= 4 is 15.9 Å². The van der Waals surface area contributed by atoms with Crippen molar-refractivity contribution in [3.05, 3.63) is 52.3 Å². The van der Waals surface area contributed by atoms with Gasteiger partial charge in [-0.3, -0.25) is 4.68 Å². The molecule has 1 N–H and O–H groups in total. The molecule has 1 aromatic carbocycles. The first-order valence-corrected chi connectivity index (χ1v) is 6.86. The van der Waals surface area contributed by atoms with Crippen molar-refractivity contribution in [2.45, 2.75) is 25.9 Å². The van der Waals surface area contributed by atoms with Crippen molar-refractivity contribution in [2.24, 2.45) is 7.05 Å². The molecule has 1 aromatic heterocycles. The lowest BCUT2D eigenvalue weighted by Gasteiger charge is -2.20. The molecule has 2 unspecified atom stereocenters. The third-order valence-corrected chi connectivity index (χ3v) is 3.64. The topological polar surface area (TPSA) is 29.9 Å². The molecule has 18 heavy (non-hydrogen) atoms. The number of nitrogens with one attached hydrogen (secondary N) is 1. The lowest BCUT2D eigenvalue weighted by molar-refractivity contribution is 0.469. The van der Waals surface area contributed by atoms with Crippen molar-refractivity contribution in [1.29, 1.82) is 0 Å². The predicted octanol–water partition coefficient (Wildman–Crippen LogP) is 3.59. The number of halogens is 1. The Morgan fingerprint density at radius 3 is 2.61 bits per heavy atom. The van der Waals surface area contributed by atoms with E-state index in [2.05, 4.69) is 58.4 Å². The van der Waals surface area contributed by atoms with Gasteiger partial charge in [-0.25, -0.2) is 0 Å². The van der Waals surface area contributed by atoms with E-state index >= 15 is 0 Å². The van der Waals surface area contributed by atoms with Crippen LogP contribution in [0, 0.1) is 0 Å². The van der Waals surface area contributed by atoms with Crippen molar-refractivity contribution in [3.63, 3.8) is 0 Å². The first kappa shape index (κ1) is 13.3. The van der Waals surface area contributed by atoms with Gasteiger partial charge in [-0.05, 0) is 37.6 Å². The Hall–Kier alpha value is -1.13. The van der Waals surface area contributed by atoms with Crippen molar-refractivity contribution < 1.29 is 0 Å². The van der Waals surface area contributed by atoms with Gasteiger partial charge in [0.05, 0.1) is 5.69 Å². The number of hydrogen-bond donors (Lipinski definition) is 1. The maximum absolute atomic E-state index is 4.20. The summed E-state index contributed by atoms with van der Waals surface area (Å²) in [7, 11) is 1.97. The second-order valence-electron chi connectivity index (χ2n) is 4.54. The molecule has 96 valence electrons. The molecule has 0 amide bonds. The van der Waals surface area contributed by atoms with Crippen LogP contribution in [0.25, 0.3) is 0 Å². The smallest absolute Gasteiger partial charge is 0.0547 e. The van der Waals surface area contributed by atoms with Crippen molar-refractivity contribution in [3.8, 4) is 0 Å². The number of hydrogen-bond acceptors (Lipinski definition) is 2. The monoisotopic (exact) mass is 307 g/mol. The summed E-state index contributed by atoms with van der Waals surface area (Å²) in [5, 5.41) is 7.79. The summed E-state index contributed by atoms with van der Waals surface area (Å²) >= 11 is 3.51. The van der Waals surface area contributed by atoms with Gasteiger partial charge in [0.2, 0.25) is 0 Å². The molecule has 0 spiro atoms. The average molecular weight is 308 g/mol. The van der Waals surface area contributed by atoms with E-state index in [9.17, 15) is 0 Å². The van der Waals surface area contributed by atoms with E-state index in [1.165, 1.54) is 11.3 Å². The number of nitrogens with zero attached hydrogens (tertiary/aromatic N) is 2. The zero-order chi connectivity index (χ0) is 13.1. The molecule has 2 aromatic rings. The van der Waals surface area contributed by atoms with E-state index in [0.717, 1.165) is 4.47 Å². The average Bonchev–Trinajstić information content (AvgIpc) is 2.75. The summed E-state index contributed by atoms with van der Waals surface area (Å²) < 4.78 is 3.02. The van der Waals surface area contributed by atoms with Gasteiger partial charge >= 0.3 is 0 Å². The maximum atomic E-state index is 4.20. The first-order valence-electron chi connectivity index (χ1n) is 6.07. The number of rotatable bonds is 4. The fourth-order valence-electron chi connectivity index (χ4n) is 2.14. The Morgan fingerprint density at radius 1 is 1.22 bits per heavy atom. The fraction of sp³-hybridized carbons (Fsp3) is 0.357. The molecule has 0 aliphatic rings. The van der Waals surface area contributed by atoms with Crippen LogP contribution in [0.3, 0.4) is 0 Å². The largest absolute Gasteiger partial charge is 0.302 e. The highest BCUT2D eigenvalue weighted by molar-refractivity contribution is 9.10. The van der Waals surface area contributed by atoms with Gasteiger partial charge in [0.1, 0.15) is 0 Å². The molecular formula is C14H18BrN3. The third-order valence-electron chi connectivity index (χ3n) is 3.15. The van der Waals surface area contributed by atoms with Crippen LogP contribution in [0.15, 0.2) is 41.0 Å². The Bertz CT molecular complexity index is 521. The molecule has 0 bridgehead atoms. The molecule has 2 atom stereocenters. The lowest BCUT2D eigenvalue weighted by Crippen LogP contribution is -2.24. The molecule has 0 aliphatic carbocycles. The van der Waals surface area contributed by atoms with Crippen LogP contribution in [0.2, 0.25) is 0 Å². The van der Waals surface area contributed by atoms with Gasteiger partial charge in [-0.2, -0.15) is 5.10 Å². The molecule has 2 rings (SSSR count). The van der Waals surface area contributed by atoms with Gasteiger partial charge in [0.25, 0.3) is 0 Å². The highest BCUT2D eigenvalue weighted by Crippen LogP contribution is 2.21. The minimum absolute atomic E-state index is 0.270. The molecule has 1 heterocycles. The van der Waals surface area contributed by atoms with Crippen LogP contribution in [0.5, 0.6) is 0 Å². The van der Waals surface area contributed by atoms with Gasteiger partial charge in [-0.1, -0.05) is 28.1 Å². The molecule has 0 saturated carbocycles. The number of benzene rings is 1. The van der Waals surface area contributed by atoms with Crippen LogP contribution < -0.4 is 5.32 Å². The van der Waals surface area contributed by atoms with Gasteiger partial charge < -0.3 is 5.32 Å².